The summed E-state index contributed by atoms with van der Waals surface area (Å²) in [4.78, 5) is 28.7. The van der Waals surface area contributed by atoms with Gasteiger partial charge < -0.3 is 10.0 Å². The predicted molar refractivity (Wildman–Crippen MR) is 72.7 cm³/mol. The SMILES string of the molecule is O=C(O)C1CN(C(=O)c2ccncc2F)c2ccccc21. The number of hydrogen-bond acceptors (Lipinski definition) is 3. The normalized spacial score (nSPS) is 16.6. The number of pyridine rings is 1. The van der Waals surface area contributed by atoms with Crippen LogP contribution < -0.4 is 4.90 Å². The van der Waals surface area contributed by atoms with Crippen LogP contribution in [0.2, 0.25) is 0 Å². The summed E-state index contributed by atoms with van der Waals surface area (Å²) in [6.45, 7) is -0.00469. The average Bonchev–Trinajstić information content (AvgIpc) is 2.87. The van der Waals surface area contributed by atoms with E-state index in [1.165, 1.54) is 17.2 Å². The number of para-hydroxylation sites is 1. The highest BCUT2D eigenvalue weighted by Gasteiger charge is 2.37. The second-order valence-electron chi connectivity index (χ2n) is 4.72. The molecule has 3 rings (SSSR count). The standard InChI is InChI=1S/C15H11FN2O3/c16-12-7-17-6-5-10(12)14(19)18-8-11(15(20)21)9-3-1-2-4-13(9)18/h1-7,11H,8H2,(H,20,21). The first-order chi connectivity index (χ1) is 10.1. The Bertz CT molecular complexity index is 732. The van der Waals surface area contributed by atoms with Gasteiger partial charge in [-0.15, -0.1) is 0 Å². The number of anilines is 1. The fourth-order valence-electron chi connectivity index (χ4n) is 2.50. The molecule has 1 aliphatic rings. The van der Waals surface area contributed by atoms with Crippen LogP contribution in [0, 0.1) is 5.82 Å². The van der Waals surface area contributed by atoms with E-state index in [2.05, 4.69) is 4.98 Å². The number of carbonyl (C=O) groups is 2. The Hall–Kier alpha value is -2.76. The number of rotatable bonds is 2. The van der Waals surface area contributed by atoms with Crippen molar-refractivity contribution >= 4 is 17.6 Å². The molecule has 0 saturated heterocycles. The summed E-state index contributed by atoms with van der Waals surface area (Å²) in [5.41, 5.74) is 0.949. The number of carboxylic acid groups (broad SMARTS) is 1. The number of fused-ring (bicyclic) bond motifs is 1. The maximum absolute atomic E-state index is 13.7. The van der Waals surface area contributed by atoms with Crippen LogP contribution in [0.4, 0.5) is 10.1 Å². The molecular weight excluding hydrogens is 275 g/mol. The molecule has 0 radical (unpaired) electrons. The van der Waals surface area contributed by atoms with Gasteiger partial charge in [0.1, 0.15) is 5.92 Å². The van der Waals surface area contributed by atoms with Crippen LogP contribution >= 0.6 is 0 Å². The molecule has 1 atom stereocenters. The second-order valence-corrected chi connectivity index (χ2v) is 4.72. The number of halogens is 1. The van der Waals surface area contributed by atoms with Crippen molar-refractivity contribution in [2.45, 2.75) is 5.92 Å². The minimum Gasteiger partial charge on any atom is -0.481 e. The quantitative estimate of drug-likeness (QED) is 0.917. The van der Waals surface area contributed by atoms with Crippen LogP contribution in [0.1, 0.15) is 21.8 Å². The average molecular weight is 286 g/mol. The Morgan fingerprint density at radius 1 is 1.29 bits per heavy atom. The summed E-state index contributed by atoms with van der Waals surface area (Å²) in [6, 6.07) is 8.05. The summed E-state index contributed by atoms with van der Waals surface area (Å²) in [6.07, 6.45) is 2.29. The predicted octanol–water partition coefficient (Wildman–Crippen LogP) is 2.05. The molecule has 1 aromatic carbocycles. The molecule has 1 aromatic heterocycles. The smallest absolute Gasteiger partial charge is 0.312 e. The third kappa shape index (κ3) is 2.14. The first-order valence-electron chi connectivity index (χ1n) is 6.32. The van der Waals surface area contributed by atoms with Crippen LogP contribution in [-0.4, -0.2) is 28.5 Å². The zero-order chi connectivity index (χ0) is 15.0. The monoisotopic (exact) mass is 286 g/mol. The van der Waals surface area contributed by atoms with E-state index in [9.17, 15) is 19.1 Å². The molecule has 21 heavy (non-hydrogen) atoms. The molecule has 0 aliphatic carbocycles. The van der Waals surface area contributed by atoms with Gasteiger partial charge in [-0.05, 0) is 17.7 Å². The molecule has 6 heteroatoms. The Kier molecular flexibility index (Phi) is 3.13. The Morgan fingerprint density at radius 2 is 2.05 bits per heavy atom. The molecule has 0 fully saturated rings. The van der Waals surface area contributed by atoms with E-state index in [1.807, 2.05) is 0 Å². The van der Waals surface area contributed by atoms with E-state index in [-0.39, 0.29) is 12.1 Å². The van der Waals surface area contributed by atoms with E-state index >= 15 is 0 Å². The van der Waals surface area contributed by atoms with Gasteiger partial charge >= 0.3 is 5.97 Å². The lowest BCUT2D eigenvalue weighted by atomic mass is 10.0. The number of nitrogens with zero attached hydrogens (tertiary/aromatic N) is 2. The largest absolute Gasteiger partial charge is 0.481 e. The lowest BCUT2D eigenvalue weighted by molar-refractivity contribution is -0.138. The van der Waals surface area contributed by atoms with Crippen molar-refractivity contribution in [1.29, 1.82) is 0 Å². The van der Waals surface area contributed by atoms with E-state index < -0.39 is 23.6 Å². The van der Waals surface area contributed by atoms with E-state index in [1.54, 1.807) is 24.3 Å². The molecule has 1 amide bonds. The highest BCUT2D eigenvalue weighted by atomic mass is 19.1. The van der Waals surface area contributed by atoms with Crippen LogP contribution in [0.5, 0.6) is 0 Å². The van der Waals surface area contributed by atoms with E-state index in [4.69, 9.17) is 0 Å². The van der Waals surface area contributed by atoms with Gasteiger partial charge in [-0.3, -0.25) is 14.6 Å². The molecule has 0 bridgehead atoms. The van der Waals surface area contributed by atoms with E-state index in [0.717, 1.165) is 6.20 Å². The molecular formula is C15H11FN2O3. The summed E-state index contributed by atoms with van der Waals surface area (Å²) in [5, 5.41) is 9.26. The van der Waals surface area contributed by atoms with Crippen molar-refractivity contribution in [3.63, 3.8) is 0 Å². The van der Waals surface area contributed by atoms with Gasteiger partial charge in [0.05, 0.1) is 11.8 Å². The molecule has 1 N–H and O–H groups in total. The van der Waals surface area contributed by atoms with Crippen molar-refractivity contribution < 1.29 is 19.1 Å². The summed E-state index contributed by atoms with van der Waals surface area (Å²) < 4.78 is 13.7. The van der Waals surface area contributed by atoms with Crippen molar-refractivity contribution in [2.75, 3.05) is 11.4 Å². The lowest BCUT2D eigenvalue weighted by Crippen LogP contribution is -2.31. The van der Waals surface area contributed by atoms with Crippen molar-refractivity contribution in [3.8, 4) is 0 Å². The minimum atomic E-state index is -1.01. The minimum absolute atomic E-state index is 0.00469. The highest BCUT2D eigenvalue weighted by molar-refractivity contribution is 6.08. The number of carbonyl (C=O) groups excluding carboxylic acids is 1. The van der Waals surface area contributed by atoms with Crippen molar-refractivity contribution in [1.82, 2.24) is 4.98 Å². The summed E-state index contributed by atoms with van der Waals surface area (Å²) in [5.74, 6) is -3.09. The number of aliphatic carboxylic acids is 1. The van der Waals surface area contributed by atoms with Gasteiger partial charge in [0, 0.05) is 18.4 Å². The topological polar surface area (TPSA) is 70.5 Å². The van der Waals surface area contributed by atoms with Gasteiger partial charge in [0.2, 0.25) is 0 Å². The zero-order valence-corrected chi connectivity index (χ0v) is 10.9. The van der Waals surface area contributed by atoms with Gasteiger partial charge in [0.15, 0.2) is 5.82 Å². The summed E-state index contributed by atoms with van der Waals surface area (Å²) >= 11 is 0. The first kappa shape index (κ1) is 13.2. The van der Waals surface area contributed by atoms with Gasteiger partial charge in [-0.2, -0.15) is 0 Å². The van der Waals surface area contributed by atoms with Crippen LogP contribution in [0.3, 0.4) is 0 Å². The van der Waals surface area contributed by atoms with Gasteiger partial charge in [-0.1, -0.05) is 18.2 Å². The third-order valence-electron chi connectivity index (χ3n) is 3.51. The molecule has 1 aliphatic heterocycles. The summed E-state index contributed by atoms with van der Waals surface area (Å²) in [7, 11) is 0. The Labute approximate surface area is 119 Å². The number of hydrogen-bond donors (Lipinski definition) is 1. The lowest BCUT2D eigenvalue weighted by Gasteiger charge is -2.17. The van der Waals surface area contributed by atoms with Crippen LogP contribution in [0.15, 0.2) is 42.7 Å². The zero-order valence-electron chi connectivity index (χ0n) is 10.9. The molecule has 5 nitrogen and oxygen atoms in total. The number of benzene rings is 1. The number of aromatic nitrogens is 1. The Balaban J connectivity index is 2.03. The van der Waals surface area contributed by atoms with Crippen molar-refractivity contribution in [3.05, 3.63) is 59.7 Å². The molecule has 0 spiro atoms. The fourth-order valence-corrected chi connectivity index (χ4v) is 2.50. The van der Waals surface area contributed by atoms with Gasteiger partial charge in [-0.25, -0.2) is 4.39 Å². The molecule has 106 valence electrons. The number of amides is 1. The van der Waals surface area contributed by atoms with Crippen molar-refractivity contribution in [2.24, 2.45) is 0 Å². The van der Waals surface area contributed by atoms with Gasteiger partial charge in [0.25, 0.3) is 5.91 Å². The molecule has 0 saturated carbocycles. The Morgan fingerprint density at radius 3 is 2.76 bits per heavy atom. The first-order valence-corrected chi connectivity index (χ1v) is 6.32. The highest BCUT2D eigenvalue weighted by Crippen LogP contribution is 2.37. The van der Waals surface area contributed by atoms with Crippen LogP contribution in [-0.2, 0) is 4.79 Å². The molecule has 2 aromatic rings. The third-order valence-corrected chi connectivity index (χ3v) is 3.51. The van der Waals surface area contributed by atoms with E-state index in [0.29, 0.717) is 11.3 Å². The second kappa shape index (κ2) is 4.97. The maximum atomic E-state index is 13.7. The fraction of sp³-hybridized carbons (Fsp3) is 0.133. The molecule has 2 heterocycles. The maximum Gasteiger partial charge on any atom is 0.312 e. The van der Waals surface area contributed by atoms with Crippen LogP contribution in [0.25, 0.3) is 0 Å². The number of carboxylic acids is 1. The molecule has 1 unspecified atom stereocenters.